The van der Waals surface area contributed by atoms with Crippen LogP contribution in [0.25, 0.3) is 0 Å². The Labute approximate surface area is 114 Å². The van der Waals surface area contributed by atoms with Crippen molar-refractivity contribution in [1.82, 2.24) is 5.32 Å². The summed E-state index contributed by atoms with van der Waals surface area (Å²) >= 11 is 0. The zero-order valence-corrected chi connectivity index (χ0v) is 12.0. The van der Waals surface area contributed by atoms with E-state index in [1.165, 1.54) is 0 Å². The van der Waals surface area contributed by atoms with Crippen molar-refractivity contribution in [3.63, 3.8) is 0 Å². The van der Waals surface area contributed by atoms with E-state index < -0.39 is 5.97 Å². The van der Waals surface area contributed by atoms with Crippen LogP contribution in [0.4, 0.5) is 0 Å². The second kappa shape index (κ2) is 6.57. The van der Waals surface area contributed by atoms with Crippen LogP contribution < -0.4 is 5.32 Å². The second-order valence-corrected chi connectivity index (χ2v) is 5.43. The molecule has 4 nitrogen and oxygen atoms in total. The Morgan fingerprint density at radius 2 is 1.63 bits per heavy atom. The third-order valence-electron chi connectivity index (χ3n) is 3.08. The average molecular weight is 265 g/mol. The Kier molecular flexibility index (Phi) is 5.36. The summed E-state index contributed by atoms with van der Waals surface area (Å²) in [6, 6.07) is 3.89. The first-order chi connectivity index (χ1) is 8.82. The van der Waals surface area contributed by atoms with Crippen molar-refractivity contribution < 1.29 is 15.0 Å². The highest BCUT2D eigenvalue weighted by Crippen LogP contribution is 2.34. The highest BCUT2D eigenvalue weighted by atomic mass is 16.4. The molecule has 0 amide bonds. The van der Waals surface area contributed by atoms with Gasteiger partial charge in [0.25, 0.3) is 0 Å². The number of hydrogen-bond donors (Lipinski definition) is 3. The van der Waals surface area contributed by atoms with Crippen LogP contribution in [0, 0.1) is 0 Å². The summed E-state index contributed by atoms with van der Waals surface area (Å²) in [5.41, 5.74) is 2.84. The molecule has 0 aliphatic carbocycles. The van der Waals surface area contributed by atoms with E-state index in [1.807, 2.05) is 39.8 Å². The van der Waals surface area contributed by atoms with Gasteiger partial charge in [-0.3, -0.25) is 4.79 Å². The van der Waals surface area contributed by atoms with Gasteiger partial charge in [0.2, 0.25) is 0 Å². The van der Waals surface area contributed by atoms with Crippen LogP contribution >= 0.6 is 0 Å². The van der Waals surface area contributed by atoms with Crippen molar-refractivity contribution in [2.24, 2.45) is 0 Å². The van der Waals surface area contributed by atoms with Crippen LogP contribution in [-0.2, 0) is 11.3 Å². The number of phenols is 1. The SMILES string of the molecule is CC(C)c1cc(CNCC(=O)O)cc(C(C)C)c1O. The molecular weight excluding hydrogens is 242 g/mol. The van der Waals surface area contributed by atoms with E-state index in [-0.39, 0.29) is 18.4 Å². The summed E-state index contributed by atoms with van der Waals surface area (Å²) in [5.74, 6) is -0.0345. The van der Waals surface area contributed by atoms with Gasteiger partial charge in [-0.25, -0.2) is 0 Å². The highest BCUT2D eigenvalue weighted by Gasteiger charge is 2.15. The number of phenolic OH excluding ortho intramolecular Hbond substituents is 1. The molecule has 0 spiro atoms. The van der Waals surface area contributed by atoms with Gasteiger partial charge in [-0.05, 0) is 28.5 Å². The monoisotopic (exact) mass is 265 g/mol. The number of aliphatic carboxylic acids is 1. The van der Waals surface area contributed by atoms with E-state index in [2.05, 4.69) is 5.32 Å². The molecule has 3 N–H and O–H groups in total. The number of rotatable bonds is 6. The van der Waals surface area contributed by atoms with Gasteiger partial charge in [-0.15, -0.1) is 0 Å². The molecule has 1 aromatic rings. The fraction of sp³-hybridized carbons (Fsp3) is 0.533. The number of nitrogens with one attached hydrogen (secondary N) is 1. The average Bonchev–Trinajstić information content (AvgIpc) is 2.29. The summed E-state index contributed by atoms with van der Waals surface area (Å²) in [6.07, 6.45) is 0. The van der Waals surface area contributed by atoms with Gasteiger partial charge in [0.05, 0.1) is 6.54 Å². The van der Waals surface area contributed by atoms with E-state index in [0.29, 0.717) is 12.3 Å². The molecule has 1 rings (SSSR count). The molecule has 0 saturated heterocycles. The summed E-state index contributed by atoms with van der Waals surface area (Å²) in [6.45, 7) is 8.57. The zero-order valence-electron chi connectivity index (χ0n) is 12.0. The van der Waals surface area contributed by atoms with Crippen LogP contribution in [0.15, 0.2) is 12.1 Å². The van der Waals surface area contributed by atoms with Gasteiger partial charge in [-0.2, -0.15) is 0 Å². The molecule has 0 unspecified atom stereocenters. The Morgan fingerprint density at radius 1 is 1.16 bits per heavy atom. The minimum absolute atomic E-state index is 0.0606. The zero-order chi connectivity index (χ0) is 14.6. The van der Waals surface area contributed by atoms with Crippen molar-refractivity contribution in [1.29, 1.82) is 0 Å². The van der Waals surface area contributed by atoms with E-state index in [1.54, 1.807) is 0 Å². The Morgan fingerprint density at radius 3 is 2.00 bits per heavy atom. The third-order valence-corrected chi connectivity index (χ3v) is 3.08. The van der Waals surface area contributed by atoms with Crippen LogP contribution in [0.3, 0.4) is 0 Å². The lowest BCUT2D eigenvalue weighted by Gasteiger charge is -2.17. The number of carboxylic acids is 1. The quantitative estimate of drug-likeness (QED) is 0.739. The standard InChI is InChI=1S/C15H23NO3/c1-9(2)12-5-11(7-16-8-14(17)18)6-13(10(3)4)15(12)19/h5-6,9-10,16,19H,7-8H2,1-4H3,(H,17,18). The highest BCUT2D eigenvalue weighted by molar-refractivity contribution is 5.69. The normalized spacial score (nSPS) is 11.3. The molecule has 4 heteroatoms. The number of carbonyl (C=O) groups is 1. The van der Waals surface area contributed by atoms with E-state index >= 15 is 0 Å². The Bertz CT molecular complexity index is 424. The molecule has 19 heavy (non-hydrogen) atoms. The lowest BCUT2D eigenvalue weighted by Crippen LogP contribution is -2.22. The van der Waals surface area contributed by atoms with Crippen LogP contribution in [0.1, 0.15) is 56.2 Å². The molecule has 106 valence electrons. The summed E-state index contributed by atoms with van der Waals surface area (Å²) < 4.78 is 0. The number of benzene rings is 1. The maximum Gasteiger partial charge on any atom is 0.317 e. The predicted octanol–water partition coefficient (Wildman–Crippen LogP) is 2.81. The molecule has 0 atom stereocenters. The smallest absolute Gasteiger partial charge is 0.317 e. The van der Waals surface area contributed by atoms with Gasteiger partial charge in [0, 0.05) is 6.54 Å². The number of hydrogen-bond acceptors (Lipinski definition) is 3. The van der Waals surface area contributed by atoms with Gasteiger partial charge in [0.1, 0.15) is 5.75 Å². The molecule has 0 radical (unpaired) electrons. The van der Waals surface area contributed by atoms with E-state index in [0.717, 1.165) is 16.7 Å². The van der Waals surface area contributed by atoms with Crippen LogP contribution in [0.5, 0.6) is 5.75 Å². The number of aromatic hydroxyl groups is 1. The van der Waals surface area contributed by atoms with Crippen LogP contribution in [-0.4, -0.2) is 22.7 Å². The summed E-state index contributed by atoms with van der Waals surface area (Å²) in [7, 11) is 0. The van der Waals surface area contributed by atoms with Crippen molar-refractivity contribution in [2.45, 2.75) is 46.1 Å². The first-order valence-electron chi connectivity index (χ1n) is 6.61. The largest absolute Gasteiger partial charge is 0.507 e. The molecule has 0 saturated carbocycles. The van der Waals surface area contributed by atoms with Crippen molar-refractivity contribution in [3.8, 4) is 5.75 Å². The Hall–Kier alpha value is -1.55. The van der Waals surface area contributed by atoms with E-state index in [4.69, 9.17) is 5.11 Å². The van der Waals surface area contributed by atoms with Gasteiger partial charge in [0.15, 0.2) is 0 Å². The first-order valence-corrected chi connectivity index (χ1v) is 6.61. The summed E-state index contributed by atoms with van der Waals surface area (Å²) in [5, 5.41) is 21.7. The maximum absolute atomic E-state index is 10.5. The predicted molar refractivity (Wildman–Crippen MR) is 75.6 cm³/mol. The van der Waals surface area contributed by atoms with E-state index in [9.17, 15) is 9.90 Å². The minimum Gasteiger partial charge on any atom is -0.507 e. The number of carboxylic acid groups (broad SMARTS) is 1. The fourth-order valence-electron chi connectivity index (χ4n) is 2.04. The lowest BCUT2D eigenvalue weighted by atomic mass is 9.91. The molecule has 0 aliphatic rings. The molecule has 1 aromatic carbocycles. The van der Waals surface area contributed by atoms with Gasteiger partial charge < -0.3 is 15.5 Å². The lowest BCUT2D eigenvalue weighted by molar-refractivity contribution is -0.135. The van der Waals surface area contributed by atoms with Crippen molar-refractivity contribution in [3.05, 3.63) is 28.8 Å². The fourth-order valence-corrected chi connectivity index (χ4v) is 2.04. The first kappa shape index (κ1) is 15.5. The van der Waals surface area contributed by atoms with Crippen LogP contribution in [0.2, 0.25) is 0 Å². The minimum atomic E-state index is -0.869. The summed E-state index contributed by atoms with van der Waals surface area (Å²) in [4.78, 5) is 10.5. The third kappa shape index (κ3) is 4.24. The Balaban J connectivity index is 3.01. The van der Waals surface area contributed by atoms with Gasteiger partial charge in [-0.1, -0.05) is 39.8 Å². The maximum atomic E-state index is 10.5. The molecule has 0 fully saturated rings. The molecule has 0 aliphatic heterocycles. The molecule has 0 heterocycles. The molecular formula is C15H23NO3. The molecule has 0 aromatic heterocycles. The van der Waals surface area contributed by atoms with Crippen molar-refractivity contribution >= 4 is 5.97 Å². The van der Waals surface area contributed by atoms with Gasteiger partial charge >= 0.3 is 5.97 Å². The molecule has 0 bridgehead atoms. The van der Waals surface area contributed by atoms with Crippen molar-refractivity contribution in [2.75, 3.05) is 6.54 Å². The second-order valence-electron chi connectivity index (χ2n) is 5.43. The topological polar surface area (TPSA) is 69.6 Å².